The van der Waals surface area contributed by atoms with Crippen LogP contribution < -0.4 is 14.8 Å². The fourth-order valence-electron chi connectivity index (χ4n) is 4.55. The van der Waals surface area contributed by atoms with Gasteiger partial charge in [0.25, 0.3) is 0 Å². The molecule has 198 valence electrons. The maximum atomic E-state index is 15.8. The molecule has 3 aromatic rings. The number of anilines is 2. The Morgan fingerprint density at radius 3 is 2.59 bits per heavy atom. The molecular formula is C25H26Cl2F2N4O4. The van der Waals surface area contributed by atoms with Crippen LogP contribution in [0.1, 0.15) is 27.2 Å². The van der Waals surface area contributed by atoms with Crippen molar-refractivity contribution in [1.29, 1.82) is 0 Å². The van der Waals surface area contributed by atoms with E-state index in [4.69, 9.17) is 32.7 Å². The lowest BCUT2D eigenvalue weighted by molar-refractivity contribution is -0.0517. The van der Waals surface area contributed by atoms with Gasteiger partial charge in [-0.25, -0.2) is 23.5 Å². The first-order valence-electron chi connectivity index (χ1n) is 11.5. The second kappa shape index (κ2) is 10.3. The van der Waals surface area contributed by atoms with Crippen molar-refractivity contribution in [3.8, 4) is 11.5 Å². The number of methoxy groups -OCH3 is 1. The lowest BCUT2D eigenvalue weighted by atomic mass is 9.78. The van der Waals surface area contributed by atoms with E-state index in [1.54, 1.807) is 32.9 Å². The Bertz CT molecular complexity index is 1340. The smallest absolute Gasteiger partial charge is 0.407 e. The Kier molecular flexibility index (Phi) is 7.52. The van der Waals surface area contributed by atoms with E-state index < -0.39 is 35.6 Å². The number of ether oxygens (including phenoxy) is 2. The Labute approximate surface area is 222 Å². The molecule has 2 heterocycles. The van der Waals surface area contributed by atoms with Crippen LogP contribution in [0.2, 0.25) is 10.0 Å². The van der Waals surface area contributed by atoms with Crippen LogP contribution in [0.5, 0.6) is 11.5 Å². The molecule has 0 spiro atoms. The molecular weight excluding hydrogens is 529 g/mol. The van der Waals surface area contributed by atoms with Crippen molar-refractivity contribution < 1.29 is 28.2 Å². The normalized spacial score (nSPS) is 20.1. The van der Waals surface area contributed by atoms with E-state index in [1.807, 2.05) is 0 Å². The van der Waals surface area contributed by atoms with Crippen molar-refractivity contribution in [3.05, 3.63) is 46.5 Å². The van der Waals surface area contributed by atoms with E-state index in [0.717, 1.165) is 4.90 Å². The number of aromatic nitrogens is 2. The average Bonchev–Trinajstić information content (AvgIpc) is 2.84. The van der Waals surface area contributed by atoms with Crippen LogP contribution in [-0.4, -0.2) is 58.0 Å². The van der Waals surface area contributed by atoms with Gasteiger partial charge in [0.1, 0.15) is 18.2 Å². The molecule has 1 aliphatic rings. The predicted molar refractivity (Wildman–Crippen MR) is 138 cm³/mol. The minimum Gasteiger partial charge on any atom is -0.493 e. The molecule has 0 saturated carbocycles. The zero-order valence-corrected chi connectivity index (χ0v) is 22.1. The van der Waals surface area contributed by atoms with Gasteiger partial charge in [0.05, 0.1) is 34.4 Å². The molecule has 2 N–H and O–H groups in total. The number of halogens is 4. The van der Waals surface area contributed by atoms with Crippen molar-refractivity contribution in [2.24, 2.45) is 5.41 Å². The van der Waals surface area contributed by atoms with Gasteiger partial charge in [-0.1, -0.05) is 44.0 Å². The Hall–Kier alpha value is -3.11. The summed E-state index contributed by atoms with van der Waals surface area (Å²) in [6.07, 6.45) is -2.26. The van der Waals surface area contributed by atoms with E-state index in [1.165, 1.54) is 25.6 Å². The van der Waals surface area contributed by atoms with E-state index in [2.05, 4.69) is 15.3 Å². The average molecular weight is 555 g/mol. The van der Waals surface area contributed by atoms with E-state index in [0.29, 0.717) is 16.7 Å². The fraction of sp³-hybridized carbons (Fsp3) is 0.400. The number of piperidine rings is 1. The lowest BCUT2D eigenvalue weighted by Gasteiger charge is -2.46. The van der Waals surface area contributed by atoms with Crippen LogP contribution in [0.15, 0.2) is 30.6 Å². The zero-order chi connectivity index (χ0) is 27.1. The number of alkyl halides is 1. The summed E-state index contributed by atoms with van der Waals surface area (Å²) < 4.78 is 42.0. The molecule has 8 nitrogen and oxygen atoms in total. The van der Waals surface area contributed by atoms with Crippen LogP contribution in [0, 0.1) is 11.2 Å². The van der Waals surface area contributed by atoms with Crippen LogP contribution in [-0.2, 0) is 0 Å². The first-order chi connectivity index (χ1) is 17.4. The van der Waals surface area contributed by atoms with Crippen molar-refractivity contribution >= 4 is 51.7 Å². The number of nitrogens with one attached hydrogen (secondary N) is 1. The molecule has 0 bridgehead atoms. The highest BCUT2D eigenvalue weighted by Gasteiger charge is 2.47. The van der Waals surface area contributed by atoms with Crippen LogP contribution >= 0.6 is 23.2 Å². The molecule has 1 amide bonds. The fourth-order valence-corrected chi connectivity index (χ4v) is 4.86. The minimum atomic E-state index is -1.60. The number of amides is 1. The quantitative estimate of drug-likeness (QED) is 0.338. The SMILES string of the molecule is COc1cc2ncnc(Nc3ccc(Cl)c(Cl)c3F)c2cc1O[C@@H]1CCN(C(=O)O)C(C(C)(C)C)[C@H]1F. The van der Waals surface area contributed by atoms with E-state index in [9.17, 15) is 14.3 Å². The van der Waals surface area contributed by atoms with Crippen LogP contribution in [0.4, 0.5) is 25.1 Å². The molecule has 1 saturated heterocycles. The first-order valence-corrected chi connectivity index (χ1v) is 12.2. The molecule has 1 fully saturated rings. The third-order valence-electron chi connectivity index (χ3n) is 6.27. The van der Waals surface area contributed by atoms with Crippen LogP contribution in [0.25, 0.3) is 10.9 Å². The summed E-state index contributed by atoms with van der Waals surface area (Å²) in [6.45, 7) is 5.48. The number of hydrogen-bond donors (Lipinski definition) is 2. The molecule has 37 heavy (non-hydrogen) atoms. The molecule has 1 unspecified atom stereocenters. The molecule has 1 aliphatic heterocycles. The van der Waals surface area contributed by atoms with Gasteiger partial charge in [-0.2, -0.15) is 0 Å². The standard InChI is InChI=1S/C25H26Cl2F2N4O4/c1-25(2,3)22-21(29)16(7-8-33(22)24(34)35)37-18-9-12-15(10-17(18)36-4)30-11-31-23(12)32-14-6-5-13(26)19(27)20(14)28/h5-6,9-11,16,21-22H,7-8H2,1-4H3,(H,34,35)(H,30,31,32)/t16-,21+,22?/m1/s1. The molecule has 12 heteroatoms. The topological polar surface area (TPSA) is 96.8 Å². The van der Waals surface area contributed by atoms with E-state index >= 15 is 4.39 Å². The van der Waals surface area contributed by atoms with Gasteiger partial charge in [-0.15, -0.1) is 0 Å². The summed E-state index contributed by atoms with van der Waals surface area (Å²) in [6, 6.07) is 5.15. The minimum absolute atomic E-state index is 0.0468. The molecule has 1 aromatic heterocycles. The van der Waals surface area contributed by atoms with Gasteiger partial charge >= 0.3 is 6.09 Å². The Morgan fingerprint density at radius 1 is 1.22 bits per heavy atom. The van der Waals surface area contributed by atoms with Crippen LogP contribution in [0.3, 0.4) is 0 Å². The highest BCUT2D eigenvalue weighted by molar-refractivity contribution is 6.42. The van der Waals surface area contributed by atoms with Gasteiger partial charge in [0.2, 0.25) is 0 Å². The van der Waals surface area contributed by atoms with Gasteiger partial charge in [-0.3, -0.25) is 0 Å². The number of benzene rings is 2. The number of fused-ring (bicyclic) bond motifs is 1. The Morgan fingerprint density at radius 2 is 1.95 bits per heavy atom. The summed E-state index contributed by atoms with van der Waals surface area (Å²) in [5, 5.41) is 12.8. The Balaban J connectivity index is 1.71. The highest BCUT2D eigenvalue weighted by Crippen LogP contribution is 2.40. The van der Waals surface area contributed by atoms with Crippen molar-refractivity contribution in [1.82, 2.24) is 14.9 Å². The summed E-state index contributed by atoms with van der Waals surface area (Å²) in [5.74, 6) is 0.0223. The molecule has 3 atom stereocenters. The monoisotopic (exact) mass is 554 g/mol. The number of hydrogen-bond acceptors (Lipinski definition) is 6. The summed E-state index contributed by atoms with van der Waals surface area (Å²) in [4.78, 5) is 21.4. The molecule has 0 radical (unpaired) electrons. The van der Waals surface area contributed by atoms with Gasteiger partial charge < -0.3 is 24.8 Å². The summed E-state index contributed by atoms with van der Waals surface area (Å²) in [7, 11) is 1.44. The van der Waals surface area contributed by atoms with E-state index in [-0.39, 0.29) is 40.3 Å². The maximum Gasteiger partial charge on any atom is 0.407 e. The first kappa shape index (κ1) is 26.9. The van der Waals surface area contributed by atoms with Crippen molar-refractivity contribution in [3.63, 3.8) is 0 Å². The highest BCUT2D eigenvalue weighted by atomic mass is 35.5. The second-order valence-corrected chi connectivity index (χ2v) is 10.6. The number of nitrogens with zero attached hydrogens (tertiary/aromatic N) is 3. The summed E-state index contributed by atoms with van der Waals surface area (Å²) >= 11 is 11.8. The lowest BCUT2D eigenvalue weighted by Crippen LogP contribution is -2.60. The van der Waals surface area contributed by atoms with Gasteiger partial charge in [-0.05, 0) is 23.6 Å². The number of carboxylic acid groups (broad SMARTS) is 1. The van der Waals surface area contributed by atoms with Crippen molar-refractivity contribution in [2.75, 3.05) is 19.0 Å². The second-order valence-electron chi connectivity index (χ2n) is 9.77. The summed E-state index contributed by atoms with van der Waals surface area (Å²) in [5.41, 5.74) is -0.153. The third kappa shape index (κ3) is 5.31. The van der Waals surface area contributed by atoms with Crippen molar-refractivity contribution in [2.45, 2.75) is 45.5 Å². The molecule has 2 aromatic carbocycles. The number of carbonyl (C=O) groups is 1. The molecule has 0 aliphatic carbocycles. The number of likely N-dealkylation sites (tertiary alicyclic amines) is 1. The number of rotatable bonds is 5. The van der Waals surface area contributed by atoms with Gasteiger partial charge in [0, 0.05) is 24.4 Å². The van der Waals surface area contributed by atoms with Gasteiger partial charge in [0.15, 0.2) is 23.5 Å². The largest absolute Gasteiger partial charge is 0.493 e. The zero-order valence-electron chi connectivity index (χ0n) is 20.6. The maximum absolute atomic E-state index is 15.8. The molecule has 4 rings (SSSR count). The predicted octanol–water partition coefficient (Wildman–Crippen LogP) is 6.71. The third-order valence-corrected chi connectivity index (χ3v) is 7.05.